The van der Waals surface area contributed by atoms with Crippen molar-refractivity contribution in [3.8, 4) is 11.1 Å². The van der Waals surface area contributed by atoms with Gasteiger partial charge in [-0.25, -0.2) is 0 Å². The molecule has 94 valence electrons. The molecule has 0 fully saturated rings. The van der Waals surface area contributed by atoms with Crippen molar-refractivity contribution in [1.29, 1.82) is 0 Å². The van der Waals surface area contributed by atoms with Crippen molar-refractivity contribution in [3.05, 3.63) is 59.7 Å². The summed E-state index contributed by atoms with van der Waals surface area (Å²) in [7, 11) is 0. The van der Waals surface area contributed by atoms with Crippen molar-refractivity contribution < 1.29 is 5.11 Å². The highest BCUT2D eigenvalue weighted by molar-refractivity contribution is 5.64. The third-order valence-corrected chi connectivity index (χ3v) is 3.04. The highest BCUT2D eigenvalue weighted by atomic mass is 16.3. The Hall–Kier alpha value is -1.60. The molecule has 0 aliphatic carbocycles. The third kappa shape index (κ3) is 3.21. The number of aliphatic hydroxyl groups excluding tert-OH is 1. The third-order valence-electron chi connectivity index (χ3n) is 3.04. The average molecular weight is 240 g/mol. The number of benzene rings is 2. The zero-order valence-corrected chi connectivity index (χ0v) is 11.1. The largest absolute Gasteiger partial charge is 0.392 e. The van der Waals surface area contributed by atoms with E-state index in [2.05, 4.69) is 44.2 Å². The summed E-state index contributed by atoms with van der Waals surface area (Å²) in [5, 5.41) is 9.15. The van der Waals surface area contributed by atoms with Crippen LogP contribution >= 0.6 is 0 Å². The molecule has 0 atom stereocenters. The Morgan fingerprint density at radius 3 is 2.22 bits per heavy atom. The Labute approximate surface area is 109 Å². The van der Waals surface area contributed by atoms with Gasteiger partial charge in [-0.3, -0.25) is 0 Å². The Balaban J connectivity index is 2.22. The SMILES string of the molecule is CC(C)Cc1ccc(-c2cccc(CO)c2)cc1. The molecule has 2 rings (SSSR count). The first kappa shape index (κ1) is 12.8. The van der Waals surface area contributed by atoms with Crippen LogP contribution in [0.4, 0.5) is 0 Å². The van der Waals surface area contributed by atoms with E-state index < -0.39 is 0 Å². The van der Waals surface area contributed by atoms with E-state index in [4.69, 9.17) is 5.11 Å². The zero-order chi connectivity index (χ0) is 13.0. The molecular formula is C17H20O. The monoisotopic (exact) mass is 240 g/mol. The predicted octanol–water partition coefficient (Wildman–Crippen LogP) is 4.04. The molecule has 0 saturated carbocycles. The van der Waals surface area contributed by atoms with Gasteiger partial charge in [-0.2, -0.15) is 0 Å². The smallest absolute Gasteiger partial charge is 0.0682 e. The molecule has 1 N–H and O–H groups in total. The molecule has 0 unspecified atom stereocenters. The molecule has 0 radical (unpaired) electrons. The van der Waals surface area contributed by atoms with E-state index in [1.54, 1.807) is 0 Å². The van der Waals surface area contributed by atoms with Crippen LogP contribution in [0, 0.1) is 5.92 Å². The molecule has 0 saturated heterocycles. The molecule has 0 aromatic heterocycles. The van der Waals surface area contributed by atoms with Gasteiger partial charge in [0.25, 0.3) is 0 Å². The lowest BCUT2D eigenvalue weighted by molar-refractivity contribution is 0.282. The van der Waals surface area contributed by atoms with Gasteiger partial charge in [-0.15, -0.1) is 0 Å². The van der Waals surface area contributed by atoms with Crippen molar-refractivity contribution in [2.24, 2.45) is 5.92 Å². The molecule has 0 spiro atoms. The summed E-state index contributed by atoms with van der Waals surface area (Å²) in [4.78, 5) is 0. The number of rotatable bonds is 4. The van der Waals surface area contributed by atoms with Crippen LogP contribution in [0.25, 0.3) is 11.1 Å². The van der Waals surface area contributed by atoms with Gasteiger partial charge in [0.15, 0.2) is 0 Å². The second-order valence-electron chi connectivity index (χ2n) is 5.15. The number of hydrogen-bond acceptors (Lipinski definition) is 1. The van der Waals surface area contributed by atoms with Crippen molar-refractivity contribution in [2.45, 2.75) is 26.9 Å². The topological polar surface area (TPSA) is 20.2 Å². The summed E-state index contributed by atoms with van der Waals surface area (Å²) in [6.07, 6.45) is 1.12. The fourth-order valence-electron chi connectivity index (χ4n) is 2.15. The van der Waals surface area contributed by atoms with E-state index in [1.807, 2.05) is 18.2 Å². The van der Waals surface area contributed by atoms with Crippen LogP contribution in [0.1, 0.15) is 25.0 Å². The Morgan fingerprint density at radius 1 is 0.889 bits per heavy atom. The quantitative estimate of drug-likeness (QED) is 0.855. The standard InChI is InChI=1S/C17H20O/c1-13(2)10-14-6-8-16(9-7-14)17-5-3-4-15(11-17)12-18/h3-9,11,13,18H,10,12H2,1-2H3. The maximum absolute atomic E-state index is 9.15. The summed E-state index contributed by atoms with van der Waals surface area (Å²) in [5.41, 5.74) is 4.71. The van der Waals surface area contributed by atoms with Crippen LogP contribution < -0.4 is 0 Å². The molecule has 0 amide bonds. The van der Waals surface area contributed by atoms with Gasteiger partial charge in [0, 0.05) is 0 Å². The second kappa shape index (κ2) is 5.83. The minimum atomic E-state index is 0.0965. The highest BCUT2D eigenvalue weighted by Crippen LogP contribution is 2.21. The van der Waals surface area contributed by atoms with Crippen LogP contribution in [-0.2, 0) is 13.0 Å². The van der Waals surface area contributed by atoms with Crippen molar-refractivity contribution in [1.82, 2.24) is 0 Å². The average Bonchev–Trinajstić information content (AvgIpc) is 2.39. The normalized spacial score (nSPS) is 10.9. The lowest BCUT2D eigenvalue weighted by Gasteiger charge is -2.07. The van der Waals surface area contributed by atoms with Gasteiger partial charge in [0.05, 0.1) is 6.61 Å². The summed E-state index contributed by atoms with van der Waals surface area (Å²) in [5.74, 6) is 0.688. The minimum absolute atomic E-state index is 0.0965. The fraction of sp³-hybridized carbons (Fsp3) is 0.294. The van der Waals surface area contributed by atoms with Crippen LogP contribution in [-0.4, -0.2) is 5.11 Å². The fourth-order valence-corrected chi connectivity index (χ4v) is 2.15. The molecule has 18 heavy (non-hydrogen) atoms. The van der Waals surface area contributed by atoms with Crippen molar-refractivity contribution in [2.75, 3.05) is 0 Å². The Kier molecular flexibility index (Phi) is 4.16. The van der Waals surface area contributed by atoms with Crippen LogP contribution in [0.3, 0.4) is 0 Å². The van der Waals surface area contributed by atoms with E-state index in [1.165, 1.54) is 11.1 Å². The summed E-state index contributed by atoms with van der Waals surface area (Å²) in [6.45, 7) is 4.57. The Morgan fingerprint density at radius 2 is 1.61 bits per heavy atom. The van der Waals surface area contributed by atoms with Crippen LogP contribution in [0.15, 0.2) is 48.5 Å². The Bertz CT molecular complexity index is 497. The lowest BCUT2D eigenvalue weighted by Crippen LogP contribution is -1.93. The van der Waals surface area contributed by atoms with Gasteiger partial charge < -0.3 is 5.11 Å². The van der Waals surface area contributed by atoms with E-state index >= 15 is 0 Å². The molecule has 0 heterocycles. The van der Waals surface area contributed by atoms with E-state index in [-0.39, 0.29) is 6.61 Å². The first-order valence-electron chi connectivity index (χ1n) is 6.48. The zero-order valence-electron chi connectivity index (χ0n) is 11.1. The second-order valence-corrected chi connectivity index (χ2v) is 5.15. The molecule has 2 aromatic carbocycles. The van der Waals surface area contributed by atoms with Gasteiger partial charge in [-0.1, -0.05) is 56.3 Å². The van der Waals surface area contributed by atoms with Gasteiger partial charge in [-0.05, 0) is 40.7 Å². The predicted molar refractivity (Wildman–Crippen MR) is 76.3 cm³/mol. The molecule has 1 nitrogen and oxygen atoms in total. The van der Waals surface area contributed by atoms with Crippen molar-refractivity contribution in [3.63, 3.8) is 0 Å². The van der Waals surface area contributed by atoms with E-state index in [0.29, 0.717) is 5.92 Å². The minimum Gasteiger partial charge on any atom is -0.392 e. The van der Waals surface area contributed by atoms with Crippen LogP contribution in [0.5, 0.6) is 0 Å². The van der Waals surface area contributed by atoms with Crippen molar-refractivity contribution >= 4 is 0 Å². The first-order chi connectivity index (χ1) is 8.69. The molecule has 0 aliphatic heterocycles. The number of aliphatic hydroxyl groups is 1. The van der Waals surface area contributed by atoms with Gasteiger partial charge in [0.1, 0.15) is 0 Å². The summed E-state index contributed by atoms with van der Waals surface area (Å²) < 4.78 is 0. The van der Waals surface area contributed by atoms with Crippen LogP contribution in [0.2, 0.25) is 0 Å². The molecule has 0 bridgehead atoms. The molecule has 1 heteroatoms. The molecule has 0 aliphatic rings. The molecule has 2 aromatic rings. The maximum atomic E-state index is 9.15. The maximum Gasteiger partial charge on any atom is 0.0682 e. The summed E-state index contributed by atoms with van der Waals surface area (Å²) in [6, 6.07) is 16.8. The van der Waals surface area contributed by atoms with E-state index in [9.17, 15) is 0 Å². The van der Waals surface area contributed by atoms with E-state index in [0.717, 1.165) is 17.5 Å². The first-order valence-corrected chi connectivity index (χ1v) is 6.48. The highest BCUT2D eigenvalue weighted by Gasteiger charge is 2.01. The summed E-state index contributed by atoms with van der Waals surface area (Å²) >= 11 is 0. The number of hydrogen-bond donors (Lipinski definition) is 1. The lowest BCUT2D eigenvalue weighted by atomic mass is 9.98. The van der Waals surface area contributed by atoms with Gasteiger partial charge in [0.2, 0.25) is 0 Å². The van der Waals surface area contributed by atoms with Gasteiger partial charge >= 0.3 is 0 Å². The molecular weight excluding hydrogens is 220 g/mol.